The molecule has 9 heteroatoms. The van der Waals surface area contributed by atoms with E-state index in [-0.39, 0.29) is 12.0 Å². The molecule has 0 spiro atoms. The maximum Gasteiger partial charge on any atom is 0.338 e. The maximum atomic E-state index is 12.4. The average Bonchev–Trinajstić information content (AvgIpc) is 2.80. The first-order valence-corrected chi connectivity index (χ1v) is 10.2. The number of esters is 1. The topological polar surface area (TPSA) is 121 Å². The summed E-state index contributed by atoms with van der Waals surface area (Å²) in [6.07, 6.45) is -1.26. The number of ether oxygens (including phenoxy) is 2. The molecule has 2 aromatic rings. The predicted octanol–water partition coefficient (Wildman–Crippen LogP) is 2.56. The van der Waals surface area contributed by atoms with Crippen LogP contribution >= 0.6 is 0 Å². The summed E-state index contributed by atoms with van der Waals surface area (Å²) in [5, 5.41) is 13.8. The van der Waals surface area contributed by atoms with Crippen LogP contribution in [0.15, 0.2) is 48.5 Å². The number of rotatable bonds is 7. The molecular formula is C23H24N4O5. The summed E-state index contributed by atoms with van der Waals surface area (Å²) in [6.45, 7) is 4.53. The van der Waals surface area contributed by atoms with Crippen molar-refractivity contribution in [3.05, 3.63) is 54.1 Å². The van der Waals surface area contributed by atoms with Gasteiger partial charge in [-0.1, -0.05) is 0 Å². The number of morpholine rings is 1. The smallest absolute Gasteiger partial charge is 0.338 e. The van der Waals surface area contributed by atoms with Gasteiger partial charge in [0.25, 0.3) is 5.91 Å². The molecule has 0 bridgehead atoms. The van der Waals surface area contributed by atoms with Gasteiger partial charge < -0.3 is 25.0 Å². The Morgan fingerprint density at radius 2 is 1.62 bits per heavy atom. The van der Waals surface area contributed by atoms with Crippen molar-refractivity contribution in [2.24, 2.45) is 0 Å². The molecule has 1 aliphatic heterocycles. The normalized spacial score (nSPS) is 14.1. The molecule has 2 aromatic carbocycles. The number of carbonyl (C=O) groups excluding carboxylic acids is 3. The van der Waals surface area contributed by atoms with Gasteiger partial charge in [-0.15, -0.1) is 0 Å². The molecule has 3 rings (SSSR count). The van der Waals surface area contributed by atoms with Crippen LogP contribution in [0.3, 0.4) is 0 Å². The standard InChI is InChI=1S/C23H24N4O5/c1-16(32-23(30)17-2-4-18(5-3-17)25-21(28)10-11-24)22(29)26-19-6-8-20(9-7-19)27-12-14-31-15-13-27/h2-9,16H,10,12-15H2,1H3,(H,25,28)(H,26,29)/t16-/m1/s1. The van der Waals surface area contributed by atoms with Crippen molar-refractivity contribution < 1.29 is 23.9 Å². The lowest BCUT2D eigenvalue weighted by Gasteiger charge is -2.28. The monoisotopic (exact) mass is 436 g/mol. The second-order valence-corrected chi connectivity index (χ2v) is 7.14. The first-order chi connectivity index (χ1) is 15.5. The van der Waals surface area contributed by atoms with Crippen LogP contribution in [0, 0.1) is 11.3 Å². The summed E-state index contributed by atoms with van der Waals surface area (Å²) in [7, 11) is 0. The number of nitrogens with one attached hydrogen (secondary N) is 2. The van der Waals surface area contributed by atoms with Crippen LogP contribution in [0.2, 0.25) is 0 Å². The summed E-state index contributed by atoms with van der Waals surface area (Å²) in [4.78, 5) is 38.4. The molecule has 2 N–H and O–H groups in total. The van der Waals surface area contributed by atoms with Crippen molar-refractivity contribution in [3.8, 4) is 6.07 Å². The van der Waals surface area contributed by atoms with E-state index in [1.165, 1.54) is 31.2 Å². The minimum atomic E-state index is -1.00. The number of anilines is 3. The molecule has 0 aliphatic carbocycles. The lowest BCUT2D eigenvalue weighted by Crippen LogP contribution is -2.36. The van der Waals surface area contributed by atoms with Gasteiger partial charge in [0.1, 0.15) is 6.42 Å². The fourth-order valence-corrected chi connectivity index (χ4v) is 3.07. The maximum absolute atomic E-state index is 12.4. The molecule has 1 aliphatic rings. The van der Waals surface area contributed by atoms with E-state index in [9.17, 15) is 14.4 Å². The van der Waals surface area contributed by atoms with Crippen molar-refractivity contribution in [1.29, 1.82) is 5.26 Å². The van der Waals surface area contributed by atoms with E-state index in [1.807, 2.05) is 12.1 Å². The van der Waals surface area contributed by atoms with E-state index < -0.39 is 23.9 Å². The quantitative estimate of drug-likeness (QED) is 0.640. The Balaban J connectivity index is 1.50. The number of nitrogens with zero attached hydrogens (tertiary/aromatic N) is 2. The number of hydrogen-bond acceptors (Lipinski definition) is 7. The van der Waals surface area contributed by atoms with Gasteiger partial charge in [-0.25, -0.2) is 4.79 Å². The van der Waals surface area contributed by atoms with Gasteiger partial charge in [-0.05, 0) is 55.5 Å². The third kappa shape index (κ3) is 6.30. The van der Waals surface area contributed by atoms with Crippen LogP contribution in [0.1, 0.15) is 23.7 Å². The van der Waals surface area contributed by atoms with Gasteiger partial charge >= 0.3 is 5.97 Å². The highest BCUT2D eigenvalue weighted by Gasteiger charge is 2.19. The van der Waals surface area contributed by atoms with Gasteiger partial charge in [0, 0.05) is 30.2 Å². The van der Waals surface area contributed by atoms with Crippen molar-refractivity contribution in [1.82, 2.24) is 0 Å². The summed E-state index contributed by atoms with van der Waals surface area (Å²) in [5.74, 6) is -1.55. The molecule has 1 atom stereocenters. The zero-order chi connectivity index (χ0) is 22.9. The summed E-state index contributed by atoms with van der Waals surface area (Å²) < 4.78 is 10.6. The van der Waals surface area contributed by atoms with Crippen molar-refractivity contribution in [3.63, 3.8) is 0 Å². The van der Waals surface area contributed by atoms with E-state index in [0.29, 0.717) is 24.6 Å². The van der Waals surface area contributed by atoms with Crippen molar-refractivity contribution >= 4 is 34.8 Å². The van der Waals surface area contributed by atoms with Crippen LogP contribution < -0.4 is 15.5 Å². The molecule has 1 heterocycles. The van der Waals surface area contributed by atoms with E-state index in [4.69, 9.17) is 14.7 Å². The number of amides is 2. The number of hydrogen-bond donors (Lipinski definition) is 2. The number of benzene rings is 2. The average molecular weight is 436 g/mol. The second-order valence-electron chi connectivity index (χ2n) is 7.14. The van der Waals surface area contributed by atoms with E-state index in [1.54, 1.807) is 18.2 Å². The predicted molar refractivity (Wildman–Crippen MR) is 118 cm³/mol. The molecule has 1 fully saturated rings. The Morgan fingerprint density at radius 1 is 1.03 bits per heavy atom. The van der Waals surface area contributed by atoms with E-state index in [0.717, 1.165) is 18.8 Å². The van der Waals surface area contributed by atoms with Crippen LogP contribution in [0.25, 0.3) is 0 Å². The molecule has 0 aromatic heterocycles. The van der Waals surface area contributed by atoms with Crippen LogP contribution in [-0.2, 0) is 19.1 Å². The first-order valence-electron chi connectivity index (χ1n) is 10.2. The van der Waals surface area contributed by atoms with Gasteiger partial charge in [-0.2, -0.15) is 5.26 Å². The van der Waals surface area contributed by atoms with Crippen molar-refractivity contribution in [2.75, 3.05) is 41.8 Å². The molecule has 166 valence electrons. The highest BCUT2D eigenvalue weighted by molar-refractivity contribution is 5.98. The van der Waals surface area contributed by atoms with Crippen molar-refractivity contribution in [2.45, 2.75) is 19.4 Å². The summed E-state index contributed by atoms with van der Waals surface area (Å²) >= 11 is 0. The largest absolute Gasteiger partial charge is 0.449 e. The Morgan fingerprint density at radius 3 is 2.25 bits per heavy atom. The minimum absolute atomic E-state index is 0.234. The third-order valence-corrected chi connectivity index (χ3v) is 4.81. The fourth-order valence-electron chi connectivity index (χ4n) is 3.07. The minimum Gasteiger partial charge on any atom is -0.449 e. The number of nitriles is 1. The third-order valence-electron chi connectivity index (χ3n) is 4.81. The molecular weight excluding hydrogens is 412 g/mol. The van der Waals surface area contributed by atoms with E-state index >= 15 is 0 Å². The second kappa shape index (κ2) is 10.9. The molecule has 9 nitrogen and oxygen atoms in total. The van der Waals surface area contributed by atoms with Crippen LogP contribution in [0.5, 0.6) is 0 Å². The molecule has 1 saturated heterocycles. The highest BCUT2D eigenvalue weighted by Crippen LogP contribution is 2.19. The van der Waals surface area contributed by atoms with E-state index in [2.05, 4.69) is 15.5 Å². The molecule has 2 amide bonds. The Hall–Kier alpha value is -3.90. The molecule has 0 unspecified atom stereocenters. The molecule has 0 saturated carbocycles. The summed E-state index contributed by atoms with van der Waals surface area (Å²) in [6, 6.07) is 15.2. The Kier molecular flexibility index (Phi) is 7.78. The lowest BCUT2D eigenvalue weighted by molar-refractivity contribution is -0.123. The first kappa shape index (κ1) is 22.8. The lowest BCUT2D eigenvalue weighted by atomic mass is 10.2. The highest BCUT2D eigenvalue weighted by atomic mass is 16.5. The van der Waals surface area contributed by atoms with Gasteiger partial charge in [0.05, 0.1) is 24.8 Å². The Labute approximate surface area is 185 Å². The zero-order valence-corrected chi connectivity index (χ0v) is 17.7. The van der Waals surface area contributed by atoms with Gasteiger partial charge in [0.15, 0.2) is 6.10 Å². The SMILES string of the molecule is C[C@@H](OC(=O)c1ccc(NC(=O)CC#N)cc1)C(=O)Nc1ccc(N2CCOCC2)cc1. The molecule has 0 radical (unpaired) electrons. The zero-order valence-electron chi connectivity index (χ0n) is 17.7. The fraction of sp³-hybridized carbons (Fsp3) is 0.304. The van der Waals surface area contributed by atoms with Gasteiger partial charge in [0.2, 0.25) is 5.91 Å². The Bertz CT molecular complexity index is 993. The van der Waals surface area contributed by atoms with Crippen LogP contribution in [0.4, 0.5) is 17.1 Å². The van der Waals surface area contributed by atoms with Crippen LogP contribution in [-0.4, -0.2) is 50.2 Å². The summed E-state index contributed by atoms with van der Waals surface area (Å²) in [5.41, 5.74) is 2.34. The van der Waals surface area contributed by atoms with Gasteiger partial charge in [-0.3, -0.25) is 9.59 Å². The molecule has 32 heavy (non-hydrogen) atoms. The number of carbonyl (C=O) groups is 3.